The van der Waals surface area contributed by atoms with Gasteiger partial charge in [0.1, 0.15) is 22.8 Å². The number of carbonyl (C=O) groups excluding carboxylic acids is 1. The smallest absolute Gasteiger partial charge is 0.341 e. The second-order valence-corrected chi connectivity index (χ2v) is 10.0. The number of carboxylic acids is 1. The Morgan fingerprint density at radius 1 is 1.20 bits per heavy atom. The standard InChI is InChI=1S/C27H31NO7/c1-27(2)20-12-16-14-28(26(31)19-6-4-5-7-22(19)33-15-24(29)30)11-10-21(16)34-25(20)18-9-8-17(32-3)13-23(18)35-27/h4-9,13,16,20-21,25H,10-12,14-15H2,1-3H3,(H,29,30)/t16-,20+,21+,25-/m0/s1. The molecule has 3 heterocycles. The van der Waals surface area contributed by atoms with Crippen molar-refractivity contribution in [3.05, 3.63) is 53.6 Å². The van der Waals surface area contributed by atoms with Crippen molar-refractivity contribution < 1.29 is 33.6 Å². The molecule has 5 rings (SSSR count). The van der Waals surface area contributed by atoms with Crippen molar-refractivity contribution in [3.8, 4) is 17.2 Å². The minimum atomic E-state index is -1.08. The third kappa shape index (κ3) is 4.43. The lowest BCUT2D eigenvalue weighted by atomic mass is 9.70. The lowest BCUT2D eigenvalue weighted by Crippen LogP contribution is -2.56. The Morgan fingerprint density at radius 2 is 2.00 bits per heavy atom. The first kappa shape index (κ1) is 23.5. The van der Waals surface area contributed by atoms with Gasteiger partial charge in [0.25, 0.3) is 5.91 Å². The number of carbonyl (C=O) groups is 2. The van der Waals surface area contributed by atoms with Gasteiger partial charge >= 0.3 is 5.97 Å². The van der Waals surface area contributed by atoms with Crippen LogP contribution in [0.1, 0.15) is 48.7 Å². The van der Waals surface area contributed by atoms with Gasteiger partial charge in [-0.3, -0.25) is 4.79 Å². The van der Waals surface area contributed by atoms with Crippen LogP contribution in [0.5, 0.6) is 17.2 Å². The number of amides is 1. The van der Waals surface area contributed by atoms with Gasteiger partial charge in [-0.1, -0.05) is 12.1 Å². The number of fused-ring (bicyclic) bond motifs is 4. The number of hydrogen-bond acceptors (Lipinski definition) is 6. The summed E-state index contributed by atoms with van der Waals surface area (Å²) in [6.07, 6.45) is 1.62. The van der Waals surface area contributed by atoms with Crippen molar-refractivity contribution in [2.24, 2.45) is 11.8 Å². The van der Waals surface area contributed by atoms with Crippen molar-refractivity contribution in [3.63, 3.8) is 0 Å². The molecule has 0 bridgehead atoms. The van der Waals surface area contributed by atoms with Crippen LogP contribution >= 0.6 is 0 Å². The number of benzene rings is 2. The van der Waals surface area contributed by atoms with Gasteiger partial charge in [-0.2, -0.15) is 0 Å². The van der Waals surface area contributed by atoms with E-state index >= 15 is 0 Å². The Labute approximate surface area is 204 Å². The molecule has 0 saturated carbocycles. The van der Waals surface area contributed by atoms with Crippen molar-refractivity contribution in [1.29, 1.82) is 0 Å². The number of methoxy groups -OCH3 is 1. The summed E-state index contributed by atoms with van der Waals surface area (Å²) >= 11 is 0. The van der Waals surface area contributed by atoms with Crippen LogP contribution in [0.25, 0.3) is 0 Å². The highest BCUT2D eigenvalue weighted by Gasteiger charge is 2.51. The topological polar surface area (TPSA) is 94.5 Å². The molecule has 0 aromatic heterocycles. The molecule has 2 saturated heterocycles. The first-order valence-corrected chi connectivity index (χ1v) is 12.0. The molecule has 0 unspecified atom stereocenters. The molecule has 8 heteroatoms. The van der Waals surface area contributed by atoms with Crippen LogP contribution in [0.15, 0.2) is 42.5 Å². The summed E-state index contributed by atoms with van der Waals surface area (Å²) in [5.41, 5.74) is 1.00. The number of aliphatic carboxylic acids is 1. The third-order valence-electron chi connectivity index (χ3n) is 7.46. The van der Waals surface area contributed by atoms with Crippen molar-refractivity contribution in [1.82, 2.24) is 4.90 Å². The average molecular weight is 482 g/mol. The predicted molar refractivity (Wildman–Crippen MR) is 127 cm³/mol. The highest BCUT2D eigenvalue weighted by Crippen LogP contribution is 2.53. The minimum absolute atomic E-state index is 0.0580. The zero-order chi connectivity index (χ0) is 24.7. The van der Waals surface area contributed by atoms with E-state index in [9.17, 15) is 9.59 Å². The molecule has 35 heavy (non-hydrogen) atoms. The lowest BCUT2D eigenvalue weighted by molar-refractivity contribution is -0.184. The number of piperidine rings is 1. The molecule has 2 aromatic carbocycles. The van der Waals surface area contributed by atoms with Gasteiger partial charge in [0.15, 0.2) is 6.61 Å². The molecule has 3 aliphatic rings. The maximum atomic E-state index is 13.4. The fraction of sp³-hybridized carbons (Fsp3) is 0.481. The molecule has 2 aromatic rings. The number of ether oxygens (including phenoxy) is 4. The molecular formula is C27H31NO7. The number of nitrogens with zero attached hydrogens (tertiary/aromatic N) is 1. The number of likely N-dealkylation sites (tertiary alicyclic amines) is 1. The molecule has 186 valence electrons. The van der Waals surface area contributed by atoms with E-state index < -0.39 is 18.2 Å². The van der Waals surface area contributed by atoms with Gasteiger partial charge in [-0.05, 0) is 51.0 Å². The van der Waals surface area contributed by atoms with E-state index in [0.29, 0.717) is 18.7 Å². The molecular weight excluding hydrogens is 450 g/mol. The summed E-state index contributed by atoms with van der Waals surface area (Å²) in [6, 6.07) is 12.7. The number of rotatable bonds is 5. The molecule has 1 N–H and O–H groups in total. The van der Waals surface area contributed by atoms with Gasteiger partial charge in [-0.25, -0.2) is 4.79 Å². The van der Waals surface area contributed by atoms with Crippen LogP contribution in [-0.2, 0) is 9.53 Å². The van der Waals surface area contributed by atoms with E-state index in [2.05, 4.69) is 13.8 Å². The Morgan fingerprint density at radius 3 is 2.77 bits per heavy atom. The summed E-state index contributed by atoms with van der Waals surface area (Å²) < 4.78 is 23.9. The molecule has 1 amide bonds. The Hall–Kier alpha value is -3.26. The Bertz CT molecular complexity index is 1130. The Balaban J connectivity index is 1.34. The first-order valence-electron chi connectivity index (χ1n) is 12.0. The molecule has 8 nitrogen and oxygen atoms in total. The molecule has 0 spiro atoms. The van der Waals surface area contributed by atoms with Gasteiger partial charge in [0.05, 0.1) is 24.9 Å². The highest BCUT2D eigenvalue weighted by molar-refractivity contribution is 5.97. The summed E-state index contributed by atoms with van der Waals surface area (Å²) in [5, 5.41) is 8.96. The van der Waals surface area contributed by atoms with E-state index in [1.807, 2.05) is 23.1 Å². The molecule has 0 aliphatic carbocycles. The second-order valence-electron chi connectivity index (χ2n) is 10.0. The largest absolute Gasteiger partial charge is 0.497 e. The number of para-hydroxylation sites is 1. The van der Waals surface area contributed by atoms with Crippen LogP contribution in [0.3, 0.4) is 0 Å². The average Bonchev–Trinajstić information content (AvgIpc) is 2.85. The number of carboxylic acid groups (broad SMARTS) is 1. The quantitative estimate of drug-likeness (QED) is 0.691. The van der Waals surface area contributed by atoms with E-state index in [4.69, 9.17) is 24.1 Å². The van der Waals surface area contributed by atoms with Crippen molar-refractivity contribution in [2.75, 3.05) is 26.8 Å². The maximum Gasteiger partial charge on any atom is 0.341 e. The van der Waals surface area contributed by atoms with E-state index in [0.717, 1.165) is 29.9 Å². The molecule has 2 fully saturated rings. The zero-order valence-corrected chi connectivity index (χ0v) is 20.2. The van der Waals surface area contributed by atoms with Crippen LogP contribution in [0.4, 0.5) is 0 Å². The molecule has 0 radical (unpaired) electrons. The minimum Gasteiger partial charge on any atom is -0.497 e. The van der Waals surface area contributed by atoms with Crippen LogP contribution in [0, 0.1) is 11.8 Å². The molecule has 3 aliphatic heterocycles. The van der Waals surface area contributed by atoms with Gasteiger partial charge in [-0.15, -0.1) is 0 Å². The lowest BCUT2D eigenvalue weighted by Gasteiger charge is -2.53. The van der Waals surface area contributed by atoms with E-state index in [-0.39, 0.29) is 35.7 Å². The highest BCUT2D eigenvalue weighted by atomic mass is 16.5. The van der Waals surface area contributed by atoms with Crippen LogP contribution in [-0.4, -0.2) is 60.4 Å². The summed E-state index contributed by atoms with van der Waals surface area (Å²) in [7, 11) is 1.64. The Kier molecular flexibility index (Phi) is 6.09. The fourth-order valence-electron chi connectivity index (χ4n) is 5.68. The summed E-state index contributed by atoms with van der Waals surface area (Å²) in [5.74, 6) is 0.943. The third-order valence-corrected chi connectivity index (χ3v) is 7.46. The van der Waals surface area contributed by atoms with Crippen LogP contribution < -0.4 is 14.2 Å². The number of hydrogen-bond donors (Lipinski definition) is 1. The zero-order valence-electron chi connectivity index (χ0n) is 20.2. The van der Waals surface area contributed by atoms with Crippen molar-refractivity contribution in [2.45, 2.75) is 44.5 Å². The predicted octanol–water partition coefficient (Wildman–Crippen LogP) is 3.94. The van der Waals surface area contributed by atoms with E-state index in [1.165, 1.54) is 0 Å². The summed E-state index contributed by atoms with van der Waals surface area (Å²) in [6.45, 7) is 4.84. The molecule has 4 atom stereocenters. The van der Waals surface area contributed by atoms with E-state index in [1.54, 1.807) is 31.4 Å². The summed E-state index contributed by atoms with van der Waals surface area (Å²) in [4.78, 5) is 26.2. The second kappa shape index (κ2) is 9.07. The maximum absolute atomic E-state index is 13.4. The SMILES string of the molecule is COc1ccc2c(c1)OC(C)(C)[C@@H]1C[C@H]3CN(C(=O)c4ccccc4OCC(=O)O)CC[C@H]3O[C@@H]21. The first-order chi connectivity index (χ1) is 16.8. The van der Waals surface area contributed by atoms with Crippen molar-refractivity contribution >= 4 is 11.9 Å². The van der Waals surface area contributed by atoms with Gasteiger partial charge in [0.2, 0.25) is 0 Å². The normalized spacial score (nSPS) is 26.4. The fourth-order valence-corrected chi connectivity index (χ4v) is 5.68. The monoisotopic (exact) mass is 481 g/mol. The van der Waals surface area contributed by atoms with Gasteiger partial charge < -0.3 is 29.0 Å². The van der Waals surface area contributed by atoms with Gasteiger partial charge in [0, 0.05) is 36.6 Å². The van der Waals surface area contributed by atoms with Crippen LogP contribution in [0.2, 0.25) is 0 Å².